The van der Waals surface area contributed by atoms with E-state index >= 15 is 0 Å². The van der Waals surface area contributed by atoms with Crippen molar-refractivity contribution < 1.29 is 17.9 Å². The van der Waals surface area contributed by atoms with E-state index < -0.39 is 11.7 Å². The number of halogens is 4. The van der Waals surface area contributed by atoms with Crippen LogP contribution in [0.2, 0.25) is 5.02 Å². The van der Waals surface area contributed by atoms with Gasteiger partial charge in [0.1, 0.15) is 11.3 Å². The molecule has 0 unspecified atom stereocenters. The van der Waals surface area contributed by atoms with E-state index in [1.807, 2.05) is 0 Å². The number of nitrogens with zero attached hydrogens (tertiary/aromatic N) is 3. The van der Waals surface area contributed by atoms with E-state index in [2.05, 4.69) is 15.3 Å². The lowest BCUT2D eigenvalue weighted by Gasteiger charge is -2.23. The normalized spacial score (nSPS) is 11.2. The van der Waals surface area contributed by atoms with Gasteiger partial charge in [-0.1, -0.05) is 11.6 Å². The van der Waals surface area contributed by atoms with Crippen LogP contribution in [0.1, 0.15) is 5.56 Å². The van der Waals surface area contributed by atoms with Crippen molar-refractivity contribution in [2.24, 2.45) is 0 Å². The number of anilines is 4. The Morgan fingerprint density at radius 2 is 1.68 bits per heavy atom. The molecule has 0 bridgehead atoms. The molecule has 0 saturated carbocycles. The van der Waals surface area contributed by atoms with Crippen molar-refractivity contribution in [2.75, 3.05) is 24.4 Å². The maximum Gasteiger partial charge on any atom is 0.421 e. The highest BCUT2D eigenvalue weighted by Gasteiger charge is 2.36. The molecule has 3 aromatic rings. The molecule has 1 aromatic heterocycles. The van der Waals surface area contributed by atoms with Gasteiger partial charge >= 0.3 is 6.18 Å². The molecule has 0 radical (unpaired) electrons. The predicted molar refractivity (Wildman–Crippen MR) is 103 cm³/mol. The lowest BCUT2D eigenvalue weighted by molar-refractivity contribution is -0.137. The Balaban J connectivity index is 1.98. The van der Waals surface area contributed by atoms with Gasteiger partial charge in [-0.15, -0.1) is 0 Å². The summed E-state index contributed by atoms with van der Waals surface area (Å²) in [5.41, 5.74) is 0.178. The van der Waals surface area contributed by atoms with Gasteiger partial charge in [0.2, 0.25) is 5.95 Å². The molecule has 0 saturated heterocycles. The van der Waals surface area contributed by atoms with Crippen LogP contribution in [0.5, 0.6) is 5.75 Å². The van der Waals surface area contributed by atoms with Gasteiger partial charge in [-0.3, -0.25) is 0 Å². The standard InChI is InChI=1S/C19H16ClF3N4O/c1-27(14-7-9-15(28-2)10-8-14)17-16(19(21,22)23)11-24-18(26-17)25-13-5-3-12(20)4-6-13/h3-11H,1-2H3,(H,24,25,26). The van der Waals surface area contributed by atoms with Crippen LogP contribution in [-0.4, -0.2) is 24.1 Å². The molecule has 0 atom stereocenters. The summed E-state index contributed by atoms with van der Waals surface area (Å²) in [6.45, 7) is 0. The SMILES string of the molecule is COc1ccc(N(C)c2nc(Nc3ccc(Cl)cc3)ncc2C(F)(F)F)cc1. The number of methoxy groups -OCH3 is 1. The van der Waals surface area contributed by atoms with Crippen molar-refractivity contribution in [2.45, 2.75) is 6.18 Å². The third-order valence-electron chi connectivity index (χ3n) is 3.95. The topological polar surface area (TPSA) is 50.3 Å². The summed E-state index contributed by atoms with van der Waals surface area (Å²) in [7, 11) is 3.02. The number of ether oxygens (including phenoxy) is 1. The van der Waals surface area contributed by atoms with Crippen molar-refractivity contribution in [1.82, 2.24) is 9.97 Å². The van der Waals surface area contributed by atoms with Crippen LogP contribution >= 0.6 is 11.6 Å². The van der Waals surface area contributed by atoms with Crippen molar-refractivity contribution in [3.05, 3.63) is 65.3 Å². The monoisotopic (exact) mass is 408 g/mol. The zero-order valence-corrected chi connectivity index (χ0v) is 15.7. The van der Waals surface area contributed by atoms with Gasteiger partial charge in [0.25, 0.3) is 0 Å². The third kappa shape index (κ3) is 4.45. The zero-order valence-electron chi connectivity index (χ0n) is 15.0. The second kappa shape index (κ2) is 7.93. The predicted octanol–water partition coefficient (Wildman–Crippen LogP) is 5.67. The smallest absolute Gasteiger partial charge is 0.421 e. The molecule has 5 nitrogen and oxygen atoms in total. The molecule has 0 aliphatic rings. The van der Waals surface area contributed by atoms with Crippen LogP contribution in [-0.2, 0) is 6.18 Å². The van der Waals surface area contributed by atoms with Gasteiger partial charge in [-0.2, -0.15) is 18.2 Å². The minimum atomic E-state index is -4.60. The fourth-order valence-corrected chi connectivity index (χ4v) is 2.61. The Hall–Kier alpha value is -3.00. The summed E-state index contributed by atoms with van der Waals surface area (Å²) in [6, 6.07) is 13.3. The van der Waals surface area contributed by atoms with Gasteiger partial charge in [0.05, 0.1) is 7.11 Å². The van der Waals surface area contributed by atoms with Crippen LogP contribution in [0.15, 0.2) is 54.7 Å². The largest absolute Gasteiger partial charge is 0.497 e. The Morgan fingerprint density at radius 3 is 2.25 bits per heavy atom. The number of nitrogens with one attached hydrogen (secondary N) is 1. The van der Waals surface area contributed by atoms with E-state index in [1.54, 1.807) is 48.5 Å². The molecule has 1 N–H and O–H groups in total. The number of alkyl halides is 3. The molecule has 0 aliphatic carbocycles. The van der Waals surface area contributed by atoms with Gasteiger partial charge in [0.15, 0.2) is 5.82 Å². The van der Waals surface area contributed by atoms with Crippen LogP contribution in [0.4, 0.5) is 36.3 Å². The van der Waals surface area contributed by atoms with E-state index in [0.717, 1.165) is 6.20 Å². The minimum absolute atomic E-state index is 0.0330. The number of hydrogen-bond donors (Lipinski definition) is 1. The van der Waals surface area contributed by atoms with E-state index in [4.69, 9.17) is 16.3 Å². The molecule has 9 heteroatoms. The molecule has 0 aliphatic heterocycles. The summed E-state index contributed by atoms with van der Waals surface area (Å²) in [5.74, 6) is 0.357. The van der Waals surface area contributed by atoms with E-state index in [9.17, 15) is 13.2 Å². The fourth-order valence-electron chi connectivity index (χ4n) is 2.48. The van der Waals surface area contributed by atoms with Crippen LogP contribution in [0, 0.1) is 0 Å². The molecule has 146 valence electrons. The molecule has 0 amide bonds. The van der Waals surface area contributed by atoms with Crippen LogP contribution in [0.25, 0.3) is 0 Å². The lowest BCUT2D eigenvalue weighted by atomic mass is 10.2. The Bertz CT molecular complexity index is 947. The number of rotatable bonds is 5. The highest BCUT2D eigenvalue weighted by atomic mass is 35.5. The lowest BCUT2D eigenvalue weighted by Crippen LogP contribution is -2.19. The molecule has 3 rings (SSSR count). The molecule has 0 fully saturated rings. The van der Waals surface area contributed by atoms with E-state index in [-0.39, 0.29) is 11.8 Å². The van der Waals surface area contributed by atoms with Crippen LogP contribution in [0.3, 0.4) is 0 Å². The molecule has 2 aromatic carbocycles. The Morgan fingerprint density at radius 1 is 1.04 bits per heavy atom. The van der Waals surface area contributed by atoms with E-state index in [0.29, 0.717) is 22.1 Å². The fraction of sp³-hybridized carbons (Fsp3) is 0.158. The molecule has 1 heterocycles. The molecule has 0 spiro atoms. The first-order valence-corrected chi connectivity index (χ1v) is 8.50. The highest BCUT2D eigenvalue weighted by Crippen LogP contribution is 2.38. The Kier molecular flexibility index (Phi) is 5.60. The summed E-state index contributed by atoms with van der Waals surface area (Å²) < 4.78 is 45.5. The third-order valence-corrected chi connectivity index (χ3v) is 4.20. The van der Waals surface area contributed by atoms with E-state index in [1.165, 1.54) is 19.1 Å². The summed E-state index contributed by atoms with van der Waals surface area (Å²) >= 11 is 5.84. The summed E-state index contributed by atoms with van der Waals surface area (Å²) in [4.78, 5) is 9.24. The quantitative estimate of drug-likeness (QED) is 0.589. The summed E-state index contributed by atoms with van der Waals surface area (Å²) in [6.07, 6.45) is -3.84. The van der Waals surface area contributed by atoms with Gasteiger partial charge < -0.3 is 15.0 Å². The maximum absolute atomic E-state index is 13.5. The maximum atomic E-state index is 13.5. The zero-order chi connectivity index (χ0) is 20.3. The first-order chi connectivity index (χ1) is 13.3. The number of aromatic nitrogens is 2. The number of benzene rings is 2. The molecule has 28 heavy (non-hydrogen) atoms. The minimum Gasteiger partial charge on any atom is -0.497 e. The summed E-state index contributed by atoms with van der Waals surface area (Å²) in [5, 5.41) is 3.42. The average Bonchev–Trinajstić information content (AvgIpc) is 2.68. The highest BCUT2D eigenvalue weighted by molar-refractivity contribution is 6.30. The average molecular weight is 409 g/mol. The molecular weight excluding hydrogens is 393 g/mol. The second-order valence-electron chi connectivity index (χ2n) is 5.82. The second-order valence-corrected chi connectivity index (χ2v) is 6.25. The van der Waals surface area contributed by atoms with Crippen LogP contribution < -0.4 is 15.0 Å². The first-order valence-electron chi connectivity index (χ1n) is 8.12. The van der Waals surface area contributed by atoms with Crippen molar-refractivity contribution in [3.8, 4) is 5.75 Å². The van der Waals surface area contributed by atoms with Crippen molar-refractivity contribution >= 4 is 34.7 Å². The van der Waals surface area contributed by atoms with Crippen molar-refractivity contribution in [1.29, 1.82) is 0 Å². The van der Waals surface area contributed by atoms with Gasteiger partial charge in [0, 0.05) is 29.6 Å². The van der Waals surface area contributed by atoms with Gasteiger partial charge in [-0.25, -0.2) is 4.98 Å². The number of hydrogen-bond acceptors (Lipinski definition) is 5. The van der Waals surface area contributed by atoms with Crippen molar-refractivity contribution in [3.63, 3.8) is 0 Å². The first kappa shape index (κ1) is 19.8. The molecular formula is C19H16ClF3N4O. The Labute approximate surface area is 164 Å². The van der Waals surface area contributed by atoms with Gasteiger partial charge in [-0.05, 0) is 48.5 Å².